The van der Waals surface area contributed by atoms with Crippen molar-refractivity contribution in [1.82, 2.24) is 0 Å². The third kappa shape index (κ3) is 7.47. The van der Waals surface area contributed by atoms with Crippen LogP contribution in [0.3, 0.4) is 0 Å². The van der Waals surface area contributed by atoms with Gasteiger partial charge in [0, 0.05) is 12.4 Å². The fourth-order valence-corrected chi connectivity index (χ4v) is 2.62. The number of rotatable bonds is 12. The number of aliphatic imine (C=N–C) groups is 1. The van der Waals surface area contributed by atoms with Crippen molar-refractivity contribution < 1.29 is 0 Å². The molecule has 0 saturated heterocycles. The molecule has 0 aliphatic heterocycles. The Balaban J connectivity index is 4.85. The highest BCUT2D eigenvalue weighted by Gasteiger charge is 2.25. The zero-order chi connectivity index (χ0) is 15.3. The summed E-state index contributed by atoms with van der Waals surface area (Å²) in [6, 6.07) is 0. The minimum atomic E-state index is 0.235. The van der Waals surface area contributed by atoms with E-state index in [1.165, 1.54) is 56.9 Å². The highest BCUT2D eigenvalue weighted by molar-refractivity contribution is 5.73. The predicted molar refractivity (Wildman–Crippen MR) is 93.4 cm³/mol. The first-order chi connectivity index (χ1) is 9.64. The zero-order valence-corrected chi connectivity index (χ0v) is 13.8. The molecule has 1 heteroatoms. The van der Waals surface area contributed by atoms with E-state index in [9.17, 15) is 0 Å². The molecule has 1 unspecified atom stereocenters. The Morgan fingerprint density at radius 3 is 2.20 bits per heavy atom. The lowest BCUT2D eigenvalue weighted by Gasteiger charge is -2.31. The van der Waals surface area contributed by atoms with Crippen LogP contribution >= 0.6 is 0 Å². The third-order valence-corrected chi connectivity index (χ3v) is 4.03. The summed E-state index contributed by atoms with van der Waals surface area (Å²) in [6.45, 7) is 14.5. The Kier molecular flexibility index (Phi) is 11.0. The molecule has 1 nitrogen and oxygen atoms in total. The molecular weight excluding hydrogens is 242 g/mol. The molecule has 0 aliphatic carbocycles. The van der Waals surface area contributed by atoms with Crippen molar-refractivity contribution in [2.75, 3.05) is 0 Å². The summed E-state index contributed by atoms with van der Waals surface area (Å²) in [6.07, 6.45) is 17.8. The maximum absolute atomic E-state index is 4.08. The summed E-state index contributed by atoms with van der Waals surface area (Å²) in [4.78, 5) is 4.08. The molecule has 114 valence electrons. The lowest BCUT2D eigenvalue weighted by atomic mass is 9.73. The Labute approximate surface area is 126 Å². The Morgan fingerprint density at radius 1 is 1.00 bits per heavy atom. The number of hydrogen-bond acceptors (Lipinski definition) is 1. The first-order valence-corrected chi connectivity index (χ1v) is 8.11. The maximum atomic E-state index is 4.08. The smallest absolute Gasteiger partial charge is 0.0270 e. The molecule has 20 heavy (non-hydrogen) atoms. The van der Waals surface area contributed by atoms with Crippen LogP contribution in [0.15, 0.2) is 42.1 Å². The molecule has 0 saturated carbocycles. The van der Waals surface area contributed by atoms with Crippen molar-refractivity contribution in [3.8, 4) is 0 Å². The standard InChI is InChI=1S/C19H33N/c1-6-10-12-13-16-19(5,15-11-7-2)18(8-3)14-17-20-9-4/h8-9,14,17H,3-4,6-7,10-13,15-16H2,1-2,5H3/b18-14+,20-17?. The quantitative estimate of drug-likeness (QED) is 0.219. The molecule has 0 aromatic carbocycles. The van der Waals surface area contributed by atoms with Crippen LogP contribution in [0.1, 0.15) is 72.1 Å². The van der Waals surface area contributed by atoms with E-state index < -0.39 is 0 Å². The molecule has 0 N–H and O–H groups in total. The molecule has 0 aromatic rings. The topological polar surface area (TPSA) is 12.4 Å². The highest BCUT2D eigenvalue weighted by Crippen LogP contribution is 2.38. The van der Waals surface area contributed by atoms with Crippen LogP contribution in [-0.4, -0.2) is 6.21 Å². The second kappa shape index (κ2) is 11.7. The van der Waals surface area contributed by atoms with Gasteiger partial charge < -0.3 is 0 Å². The first-order valence-electron chi connectivity index (χ1n) is 8.11. The van der Waals surface area contributed by atoms with Gasteiger partial charge in [-0.2, -0.15) is 0 Å². The van der Waals surface area contributed by atoms with Gasteiger partial charge >= 0.3 is 0 Å². The monoisotopic (exact) mass is 275 g/mol. The predicted octanol–water partition coefficient (Wildman–Crippen LogP) is 6.48. The largest absolute Gasteiger partial charge is 0.265 e. The van der Waals surface area contributed by atoms with E-state index in [2.05, 4.69) is 45.0 Å². The van der Waals surface area contributed by atoms with Gasteiger partial charge in [0.2, 0.25) is 0 Å². The molecule has 0 heterocycles. The fraction of sp³-hybridized carbons (Fsp3) is 0.632. The molecule has 0 spiro atoms. The number of allylic oxidation sites excluding steroid dienone is 3. The second-order valence-electron chi connectivity index (χ2n) is 5.78. The second-order valence-corrected chi connectivity index (χ2v) is 5.78. The molecule has 1 atom stereocenters. The Hall–Kier alpha value is -1.11. The van der Waals surface area contributed by atoms with Crippen LogP contribution < -0.4 is 0 Å². The van der Waals surface area contributed by atoms with E-state index >= 15 is 0 Å². The minimum absolute atomic E-state index is 0.235. The summed E-state index contributed by atoms with van der Waals surface area (Å²) < 4.78 is 0. The van der Waals surface area contributed by atoms with Gasteiger partial charge in [0.05, 0.1) is 0 Å². The van der Waals surface area contributed by atoms with Gasteiger partial charge in [-0.25, -0.2) is 0 Å². The van der Waals surface area contributed by atoms with Crippen LogP contribution in [0.25, 0.3) is 0 Å². The summed E-state index contributed by atoms with van der Waals surface area (Å²) >= 11 is 0. The van der Waals surface area contributed by atoms with E-state index in [1.54, 1.807) is 6.20 Å². The van der Waals surface area contributed by atoms with Crippen LogP contribution in [0.4, 0.5) is 0 Å². The average molecular weight is 275 g/mol. The third-order valence-electron chi connectivity index (χ3n) is 4.03. The van der Waals surface area contributed by atoms with Crippen LogP contribution in [0.5, 0.6) is 0 Å². The summed E-state index contributed by atoms with van der Waals surface area (Å²) in [5.41, 5.74) is 1.55. The van der Waals surface area contributed by atoms with E-state index in [0.717, 1.165) is 0 Å². The van der Waals surface area contributed by atoms with E-state index in [1.807, 2.05) is 12.3 Å². The first kappa shape index (κ1) is 18.9. The van der Waals surface area contributed by atoms with Crippen molar-refractivity contribution in [3.05, 3.63) is 37.1 Å². The number of nitrogens with zero attached hydrogens (tertiary/aromatic N) is 1. The SMILES string of the molecule is C=CN=C/C=C(\C=C)C(C)(CCCC)CCCCCC. The normalized spacial score (nSPS) is 15.2. The van der Waals surface area contributed by atoms with Gasteiger partial charge in [0.15, 0.2) is 0 Å². The lowest BCUT2D eigenvalue weighted by Crippen LogP contribution is -2.19. The number of hydrogen-bond donors (Lipinski definition) is 0. The van der Waals surface area contributed by atoms with E-state index in [4.69, 9.17) is 0 Å². The van der Waals surface area contributed by atoms with Gasteiger partial charge in [-0.3, -0.25) is 4.99 Å². The van der Waals surface area contributed by atoms with Gasteiger partial charge in [0.1, 0.15) is 0 Å². The molecule has 0 aromatic heterocycles. The van der Waals surface area contributed by atoms with Crippen molar-refractivity contribution in [2.45, 2.75) is 72.1 Å². The van der Waals surface area contributed by atoms with Crippen molar-refractivity contribution in [2.24, 2.45) is 10.4 Å². The molecule has 0 bridgehead atoms. The van der Waals surface area contributed by atoms with Crippen molar-refractivity contribution in [1.29, 1.82) is 0 Å². The molecule has 0 aliphatic rings. The fourth-order valence-electron chi connectivity index (χ4n) is 2.62. The van der Waals surface area contributed by atoms with E-state index in [-0.39, 0.29) is 5.41 Å². The van der Waals surface area contributed by atoms with Crippen LogP contribution in [0.2, 0.25) is 0 Å². The molecule has 0 amide bonds. The summed E-state index contributed by atoms with van der Waals surface area (Å²) in [7, 11) is 0. The lowest BCUT2D eigenvalue weighted by molar-refractivity contribution is 0.318. The molecule has 0 radical (unpaired) electrons. The van der Waals surface area contributed by atoms with Crippen LogP contribution in [0, 0.1) is 5.41 Å². The molecular formula is C19H33N. The van der Waals surface area contributed by atoms with Crippen molar-refractivity contribution >= 4 is 6.21 Å². The number of unbranched alkanes of at least 4 members (excludes halogenated alkanes) is 4. The Bertz CT molecular complexity index is 325. The van der Waals surface area contributed by atoms with Crippen molar-refractivity contribution in [3.63, 3.8) is 0 Å². The summed E-state index contributed by atoms with van der Waals surface area (Å²) in [5.74, 6) is 0. The zero-order valence-electron chi connectivity index (χ0n) is 13.8. The highest BCUT2D eigenvalue weighted by atomic mass is 14.6. The van der Waals surface area contributed by atoms with Gasteiger partial charge in [-0.1, -0.05) is 78.5 Å². The molecule has 0 rings (SSSR count). The van der Waals surface area contributed by atoms with Gasteiger partial charge in [-0.15, -0.1) is 0 Å². The molecule has 0 fully saturated rings. The Morgan fingerprint density at radius 2 is 1.65 bits per heavy atom. The van der Waals surface area contributed by atoms with Gasteiger partial charge in [-0.05, 0) is 29.9 Å². The van der Waals surface area contributed by atoms with Crippen LogP contribution in [-0.2, 0) is 0 Å². The average Bonchev–Trinajstić information content (AvgIpc) is 2.46. The van der Waals surface area contributed by atoms with Gasteiger partial charge in [0.25, 0.3) is 0 Å². The van der Waals surface area contributed by atoms with E-state index in [0.29, 0.717) is 0 Å². The summed E-state index contributed by atoms with van der Waals surface area (Å²) in [5, 5.41) is 0. The maximum Gasteiger partial charge on any atom is 0.0270 e. The minimum Gasteiger partial charge on any atom is -0.265 e.